The van der Waals surface area contributed by atoms with Gasteiger partial charge < -0.3 is 5.32 Å². The lowest BCUT2D eigenvalue weighted by Gasteiger charge is -2.15. The Morgan fingerprint density at radius 2 is 1.63 bits per heavy atom. The third-order valence-corrected chi connectivity index (χ3v) is 3.29. The lowest BCUT2D eigenvalue weighted by atomic mass is 10.1. The van der Waals surface area contributed by atoms with Crippen molar-refractivity contribution in [3.05, 3.63) is 63.1 Å². The van der Waals surface area contributed by atoms with Gasteiger partial charge in [-0.05, 0) is 35.9 Å². The minimum Gasteiger partial charge on any atom is -0.365 e. The highest BCUT2D eigenvalue weighted by molar-refractivity contribution is 6.34. The van der Waals surface area contributed by atoms with Crippen LogP contribution in [0.3, 0.4) is 0 Å². The molecule has 0 amide bonds. The van der Waals surface area contributed by atoms with E-state index in [4.69, 9.17) is 34.8 Å². The number of halogens is 3. The molecule has 0 fully saturated rings. The van der Waals surface area contributed by atoms with E-state index in [1.54, 1.807) is 30.3 Å². The van der Waals surface area contributed by atoms with Gasteiger partial charge in [-0.2, -0.15) is 5.26 Å². The van der Waals surface area contributed by atoms with E-state index in [-0.39, 0.29) is 0 Å². The van der Waals surface area contributed by atoms with Crippen LogP contribution in [-0.2, 0) is 0 Å². The highest BCUT2D eigenvalue weighted by Gasteiger charge is 2.13. The number of rotatable bonds is 3. The van der Waals surface area contributed by atoms with Crippen LogP contribution in [0.5, 0.6) is 0 Å². The third kappa shape index (κ3) is 3.54. The Labute approximate surface area is 126 Å². The van der Waals surface area contributed by atoms with Crippen LogP contribution in [0.1, 0.15) is 11.6 Å². The molecule has 2 rings (SSSR count). The van der Waals surface area contributed by atoms with Gasteiger partial charge in [-0.1, -0.05) is 46.9 Å². The predicted molar refractivity (Wildman–Crippen MR) is 79.9 cm³/mol. The minimum absolute atomic E-state index is 0.490. The molecule has 0 saturated heterocycles. The summed E-state index contributed by atoms with van der Waals surface area (Å²) in [5.41, 5.74) is 1.38. The lowest BCUT2D eigenvalue weighted by Crippen LogP contribution is -2.08. The number of nitriles is 1. The van der Waals surface area contributed by atoms with Crippen molar-refractivity contribution in [1.82, 2.24) is 0 Å². The van der Waals surface area contributed by atoms with Crippen LogP contribution in [0.25, 0.3) is 0 Å². The van der Waals surface area contributed by atoms with Gasteiger partial charge >= 0.3 is 0 Å². The second-order valence-electron chi connectivity index (χ2n) is 3.89. The van der Waals surface area contributed by atoms with Crippen LogP contribution in [0.2, 0.25) is 15.1 Å². The molecule has 1 atom stereocenters. The molecule has 96 valence electrons. The Morgan fingerprint density at radius 3 is 2.21 bits per heavy atom. The number of anilines is 1. The lowest BCUT2D eigenvalue weighted by molar-refractivity contribution is 0.998. The van der Waals surface area contributed by atoms with Crippen molar-refractivity contribution in [3.8, 4) is 6.07 Å². The van der Waals surface area contributed by atoms with E-state index in [0.29, 0.717) is 26.3 Å². The second kappa shape index (κ2) is 6.16. The summed E-state index contributed by atoms with van der Waals surface area (Å²) in [4.78, 5) is 0. The molecule has 0 spiro atoms. The SMILES string of the molecule is N#CC(Nc1ccccc1Cl)c1cc(Cl)cc(Cl)c1. The molecule has 0 radical (unpaired) electrons. The zero-order valence-electron chi connectivity index (χ0n) is 9.70. The summed E-state index contributed by atoms with van der Waals surface area (Å²) in [6.45, 7) is 0. The molecule has 19 heavy (non-hydrogen) atoms. The number of nitrogens with one attached hydrogen (secondary N) is 1. The molecule has 0 aromatic heterocycles. The summed E-state index contributed by atoms with van der Waals surface area (Å²) >= 11 is 17.9. The van der Waals surface area contributed by atoms with Crippen molar-refractivity contribution in [2.24, 2.45) is 0 Å². The molecule has 0 saturated carbocycles. The fourth-order valence-corrected chi connectivity index (χ4v) is 2.40. The Bertz CT molecular complexity index is 615. The molecule has 5 heteroatoms. The smallest absolute Gasteiger partial charge is 0.140 e. The highest BCUT2D eigenvalue weighted by Crippen LogP contribution is 2.28. The normalized spacial score (nSPS) is 11.7. The van der Waals surface area contributed by atoms with E-state index in [9.17, 15) is 5.26 Å². The quantitative estimate of drug-likeness (QED) is 0.832. The summed E-state index contributed by atoms with van der Waals surface area (Å²) in [6.07, 6.45) is 0. The van der Waals surface area contributed by atoms with Gasteiger partial charge in [0.1, 0.15) is 6.04 Å². The van der Waals surface area contributed by atoms with Gasteiger partial charge in [0.25, 0.3) is 0 Å². The Morgan fingerprint density at radius 1 is 1.00 bits per heavy atom. The van der Waals surface area contributed by atoms with Gasteiger partial charge in [0.2, 0.25) is 0 Å². The molecule has 0 heterocycles. The van der Waals surface area contributed by atoms with E-state index < -0.39 is 6.04 Å². The predicted octanol–water partition coefficient (Wildman–Crippen LogP) is 5.32. The molecule has 0 aliphatic heterocycles. The number of benzene rings is 2. The zero-order valence-corrected chi connectivity index (χ0v) is 12.0. The first kappa shape index (κ1) is 14.0. The summed E-state index contributed by atoms with van der Waals surface area (Å²) in [6, 6.07) is 13.8. The summed E-state index contributed by atoms with van der Waals surface area (Å²) in [5, 5.41) is 13.9. The number of para-hydroxylation sites is 1. The van der Waals surface area contributed by atoms with Crippen molar-refractivity contribution in [1.29, 1.82) is 5.26 Å². The van der Waals surface area contributed by atoms with Crippen LogP contribution >= 0.6 is 34.8 Å². The topological polar surface area (TPSA) is 35.8 Å². The van der Waals surface area contributed by atoms with Gasteiger partial charge in [-0.25, -0.2) is 0 Å². The average molecular weight is 312 g/mol. The van der Waals surface area contributed by atoms with Crippen molar-refractivity contribution < 1.29 is 0 Å². The first-order valence-corrected chi connectivity index (χ1v) is 6.60. The fraction of sp³-hybridized carbons (Fsp3) is 0.0714. The molecule has 0 bridgehead atoms. The number of nitrogens with zero attached hydrogens (tertiary/aromatic N) is 1. The third-order valence-electron chi connectivity index (χ3n) is 2.52. The van der Waals surface area contributed by atoms with E-state index in [1.165, 1.54) is 0 Å². The van der Waals surface area contributed by atoms with Crippen LogP contribution in [0, 0.1) is 11.3 Å². The molecule has 2 aromatic rings. The summed E-state index contributed by atoms with van der Waals surface area (Å²) in [7, 11) is 0. The van der Waals surface area contributed by atoms with Gasteiger partial charge in [-0.15, -0.1) is 0 Å². The minimum atomic E-state index is -0.573. The molecule has 1 N–H and O–H groups in total. The van der Waals surface area contributed by atoms with Gasteiger partial charge in [0.05, 0.1) is 16.8 Å². The van der Waals surface area contributed by atoms with Crippen molar-refractivity contribution in [3.63, 3.8) is 0 Å². The Balaban J connectivity index is 2.31. The van der Waals surface area contributed by atoms with Crippen LogP contribution < -0.4 is 5.32 Å². The van der Waals surface area contributed by atoms with E-state index in [2.05, 4.69) is 11.4 Å². The maximum atomic E-state index is 9.27. The maximum absolute atomic E-state index is 9.27. The maximum Gasteiger partial charge on any atom is 0.140 e. The Hall–Kier alpha value is -1.40. The van der Waals surface area contributed by atoms with E-state index >= 15 is 0 Å². The zero-order chi connectivity index (χ0) is 13.8. The monoisotopic (exact) mass is 310 g/mol. The van der Waals surface area contributed by atoms with Crippen LogP contribution in [-0.4, -0.2) is 0 Å². The van der Waals surface area contributed by atoms with Gasteiger partial charge in [0, 0.05) is 10.0 Å². The van der Waals surface area contributed by atoms with Crippen molar-refractivity contribution in [2.75, 3.05) is 5.32 Å². The molecule has 0 aliphatic rings. The number of hydrogen-bond donors (Lipinski definition) is 1. The first-order valence-electron chi connectivity index (χ1n) is 5.47. The molecular formula is C14H9Cl3N2. The molecule has 0 aliphatic carbocycles. The summed E-state index contributed by atoms with van der Waals surface area (Å²) < 4.78 is 0. The standard InChI is InChI=1S/C14H9Cl3N2/c15-10-5-9(6-11(16)7-10)14(8-18)19-13-4-2-1-3-12(13)17/h1-7,14,19H. The van der Waals surface area contributed by atoms with Crippen molar-refractivity contribution in [2.45, 2.75) is 6.04 Å². The Kier molecular flexibility index (Phi) is 4.55. The largest absolute Gasteiger partial charge is 0.365 e. The van der Waals surface area contributed by atoms with Gasteiger partial charge in [0.15, 0.2) is 0 Å². The molecular weight excluding hydrogens is 303 g/mol. The van der Waals surface area contributed by atoms with E-state index in [1.807, 2.05) is 12.1 Å². The molecule has 2 nitrogen and oxygen atoms in total. The fourth-order valence-electron chi connectivity index (χ4n) is 1.67. The summed E-state index contributed by atoms with van der Waals surface area (Å²) in [5.74, 6) is 0. The van der Waals surface area contributed by atoms with Crippen molar-refractivity contribution >= 4 is 40.5 Å². The number of hydrogen-bond acceptors (Lipinski definition) is 2. The average Bonchev–Trinajstić information content (AvgIpc) is 2.36. The van der Waals surface area contributed by atoms with Gasteiger partial charge in [-0.3, -0.25) is 0 Å². The van der Waals surface area contributed by atoms with Crippen LogP contribution in [0.4, 0.5) is 5.69 Å². The molecule has 2 aromatic carbocycles. The first-order chi connectivity index (χ1) is 9.10. The second-order valence-corrected chi connectivity index (χ2v) is 5.17. The van der Waals surface area contributed by atoms with E-state index in [0.717, 1.165) is 0 Å². The molecule has 1 unspecified atom stereocenters. The highest BCUT2D eigenvalue weighted by atomic mass is 35.5. The van der Waals surface area contributed by atoms with Crippen LogP contribution in [0.15, 0.2) is 42.5 Å².